The van der Waals surface area contributed by atoms with Gasteiger partial charge in [0.15, 0.2) is 11.5 Å². The van der Waals surface area contributed by atoms with Crippen molar-refractivity contribution >= 4 is 35.2 Å². The molecule has 0 aromatic heterocycles. The van der Waals surface area contributed by atoms with Crippen LogP contribution in [0.5, 0.6) is 11.5 Å². The molecule has 1 amide bonds. The summed E-state index contributed by atoms with van der Waals surface area (Å²) in [6.07, 6.45) is 1.37. The highest BCUT2D eigenvalue weighted by Gasteiger charge is 2.11. The Kier molecular flexibility index (Phi) is 6.29. The Morgan fingerprint density at radius 2 is 1.92 bits per heavy atom. The van der Waals surface area contributed by atoms with Crippen LogP contribution in [0.25, 0.3) is 6.08 Å². The standard InChI is InChI=1S/C18H14Cl2N2O3/c1-24-17-8-11(7-12(9-21)18(22)23)5-6-16(17)25-10-13-14(19)3-2-4-15(13)20/h2-8H,10H2,1H3,(H2,22,23)/b12-7-. The first-order chi connectivity index (χ1) is 12.0. The molecule has 0 saturated heterocycles. The number of amides is 1. The Morgan fingerprint density at radius 1 is 1.24 bits per heavy atom. The van der Waals surface area contributed by atoms with Crippen LogP contribution in [0.1, 0.15) is 11.1 Å². The molecule has 0 aliphatic carbocycles. The Balaban J connectivity index is 2.26. The molecule has 25 heavy (non-hydrogen) atoms. The lowest BCUT2D eigenvalue weighted by atomic mass is 10.1. The van der Waals surface area contributed by atoms with Crippen molar-refractivity contribution in [1.82, 2.24) is 0 Å². The number of nitrogens with two attached hydrogens (primary N) is 1. The van der Waals surface area contributed by atoms with Gasteiger partial charge in [0.05, 0.1) is 7.11 Å². The van der Waals surface area contributed by atoms with Crippen molar-refractivity contribution in [3.8, 4) is 17.6 Å². The lowest BCUT2D eigenvalue weighted by molar-refractivity contribution is -0.114. The number of primary amides is 1. The molecule has 2 aromatic rings. The van der Waals surface area contributed by atoms with E-state index in [4.69, 9.17) is 43.7 Å². The summed E-state index contributed by atoms with van der Waals surface area (Å²) in [5, 5.41) is 9.91. The molecule has 2 rings (SSSR count). The predicted octanol–water partition coefficient (Wildman–Crippen LogP) is 3.97. The molecule has 7 heteroatoms. The summed E-state index contributed by atoms with van der Waals surface area (Å²) in [5.41, 5.74) is 6.21. The van der Waals surface area contributed by atoms with E-state index in [1.54, 1.807) is 42.5 Å². The van der Waals surface area contributed by atoms with E-state index in [0.29, 0.717) is 32.7 Å². The number of nitrogens with zero attached hydrogens (tertiary/aromatic N) is 1. The summed E-state index contributed by atoms with van der Waals surface area (Å²) in [6, 6.07) is 11.9. The van der Waals surface area contributed by atoms with Gasteiger partial charge in [-0.25, -0.2) is 0 Å². The third kappa shape index (κ3) is 4.66. The number of halogens is 2. The molecule has 5 nitrogen and oxygen atoms in total. The molecule has 0 radical (unpaired) electrons. The van der Waals surface area contributed by atoms with Crippen LogP contribution in [-0.4, -0.2) is 13.0 Å². The van der Waals surface area contributed by atoms with Gasteiger partial charge in [-0.05, 0) is 35.9 Å². The zero-order valence-electron chi connectivity index (χ0n) is 13.3. The first-order valence-electron chi connectivity index (χ1n) is 7.11. The number of ether oxygens (including phenoxy) is 2. The van der Waals surface area contributed by atoms with Gasteiger partial charge in [-0.1, -0.05) is 35.3 Å². The van der Waals surface area contributed by atoms with Crippen molar-refractivity contribution < 1.29 is 14.3 Å². The van der Waals surface area contributed by atoms with Gasteiger partial charge in [0.1, 0.15) is 18.2 Å². The highest BCUT2D eigenvalue weighted by molar-refractivity contribution is 6.35. The predicted molar refractivity (Wildman–Crippen MR) is 96.6 cm³/mol. The molecule has 0 bridgehead atoms. The number of methoxy groups -OCH3 is 1. The van der Waals surface area contributed by atoms with E-state index in [9.17, 15) is 4.79 Å². The third-order valence-electron chi connectivity index (χ3n) is 3.32. The molecule has 0 spiro atoms. The number of rotatable bonds is 6. The van der Waals surface area contributed by atoms with Gasteiger partial charge < -0.3 is 15.2 Å². The Hall–Kier alpha value is -2.68. The van der Waals surface area contributed by atoms with E-state index in [2.05, 4.69) is 0 Å². The van der Waals surface area contributed by atoms with Gasteiger partial charge in [-0.2, -0.15) is 5.26 Å². The van der Waals surface area contributed by atoms with Crippen LogP contribution in [0.3, 0.4) is 0 Å². The average molecular weight is 377 g/mol. The van der Waals surface area contributed by atoms with Gasteiger partial charge in [0.25, 0.3) is 5.91 Å². The Labute approximate surface area is 155 Å². The second kappa shape index (κ2) is 8.43. The molecule has 0 heterocycles. The van der Waals surface area contributed by atoms with Crippen LogP contribution < -0.4 is 15.2 Å². The van der Waals surface area contributed by atoms with Gasteiger partial charge in [0.2, 0.25) is 0 Å². The molecule has 0 aliphatic heterocycles. The first kappa shape index (κ1) is 18.7. The summed E-state index contributed by atoms with van der Waals surface area (Å²) in [4.78, 5) is 11.1. The van der Waals surface area contributed by atoms with E-state index in [1.807, 2.05) is 0 Å². The van der Waals surface area contributed by atoms with Crippen molar-refractivity contribution in [2.45, 2.75) is 6.61 Å². The molecule has 128 valence electrons. The molecule has 2 N–H and O–H groups in total. The van der Waals surface area contributed by atoms with Crippen LogP contribution >= 0.6 is 23.2 Å². The second-order valence-corrected chi connectivity index (χ2v) is 5.75. The molecule has 0 saturated carbocycles. The minimum absolute atomic E-state index is 0.154. The maximum atomic E-state index is 11.1. The molecule has 0 unspecified atom stereocenters. The minimum atomic E-state index is -0.796. The van der Waals surface area contributed by atoms with Crippen LogP contribution in [0, 0.1) is 11.3 Å². The van der Waals surface area contributed by atoms with E-state index >= 15 is 0 Å². The molecule has 0 aliphatic rings. The third-order valence-corrected chi connectivity index (χ3v) is 4.03. The normalized spacial score (nSPS) is 10.9. The molecule has 0 atom stereocenters. The van der Waals surface area contributed by atoms with E-state index in [0.717, 1.165) is 0 Å². The lowest BCUT2D eigenvalue weighted by Gasteiger charge is -2.13. The first-order valence-corrected chi connectivity index (χ1v) is 7.87. The maximum absolute atomic E-state index is 11.1. The summed E-state index contributed by atoms with van der Waals surface area (Å²) >= 11 is 12.2. The highest BCUT2D eigenvalue weighted by atomic mass is 35.5. The maximum Gasteiger partial charge on any atom is 0.259 e. The quantitative estimate of drug-likeness (QED) is 0.610. The number of nitriles is 1. The fourth-order valence-electron chi connectivity index (χ4n) is 2.04. The molecular formula is C18H14Cl2N2O3. The van der Waals surface area contributed by atoms with Crippen LogP contribution in [-0.2, 0) is 11.4 Å². The van der Waals surface area contributed by atoms with Crippen molar-refractivity contribution in [3.63, 3.8) is 0 Å². The fraction of sp³-hybridized carbons (Fsp3) is 0.111. The topological polar surface area (TPSA) is 85.3 Å². The van der Waals surface area contributed by atoms with Crippen LogP contribution in [0.15, 0.2) is 42.0 Å². The van der Waals surface area contributed by atoms with Crippen molar-refractivity contribution in [2.24, 2.45) is 5.73 Å². The summed E-state index contributed by atoms with van der Waals surface area (Å²) < 4.78 is 11.0. The number of carbonyl (C=O) groups is 1. The summed E-state index contributed by atoms with van der Waals surface area (Å²) in [7, 11) is 1.48. The average Bonchev–Trinajstić information content (AvgIpc) is 2.59. The minimum Gasteiger partial charge on any atom is -0.493 e. The number of carbonyl (C=O) groups excluding carboxylic acids is 1. The monoisotopic (exact) mass is 376 g/mol. The van der Waals surface area contributed by atoms with E-state index in [1.165, 1.54) is 13.2 Å². The molecule has 2 aromatic carbocycles. The van der Waals surface area contributed by atoms with Gasteiger partial charge in [-0.3, -0.25) is 4.79 Å². The van der Waals surface area contributed by atoms with Crippen molar-refractivity contribution in [3.05, 3.63) is 63.1 Å². The molecular weight excluding hydrogens is 363 g/mol. The van der Waals surface area contributed by atoms with Crippen molar-refractivity contribution in [2.75, 3.05) is 7.11 Å². The molecule has 0 fully saturated rings. The van der Waals surface area contributed by atoms with Gasteiger partial charge in [0, 0.05) is 15.6 Å². The largest absolute Gasteiger partial charge is 0.493 e. The Bertz CT molecular complexity index is 853. The van der Waals surface area contributed by atoms with Crippen molar-refractivity contribution in [1.29, 1.82) is 5.26 Å². The summed E-state index contributed by atoms with van der Waals surface area (Å²) in [5.74, 6) is 0.0991. The fourth-order valence-corrected chi connectivity index (χ4v) is 2.55. The number of hydrogen-bond donors (Lipinski definition) is 1. The zero-order valence-corrected chi connectivity index (χ0v) is 14.8. The van der Waals surface area contributed by atoms with Crippen LogP contribution in [0.4, 0.5) is 0 Å². The van der Waals surface area contributed by atoms with Gasteiger partial charge in [-0.15, -0.1) is 0 Å². The SMILES string of the molecule is COc1cc(/C=C(/C#N)C(N)=O)ccc1OCc1c(Cl)cccc1Cl. The van der Waals surface area contributed by atoms with Crippen LogP contribution in [0.2, 0.25) is 10.0 Å². The smallest absolute Gasteiger partial charge is 0.259 e. The van der Waals surface area contributed by atoms with E-state index < -0.39 is 5.91 Å². The summed E-state index contributed by atoms with van der Waals surface area (Å²) in [6.45, 7) is 0.161. The van der Waals surface area contributed by atoms with Gasteiger partial charge >= 0.3 is 0 Å². The number of benzene rings is 2. The van der Waals surface area contributed by atoms with E-state index in [-0.39, 0.29) is 12.2 Å². The second-order valence-electron chi connectivity index (χ2n) is 4.93. The highest BCUT2D eigenvalue weighted by Crippen LogP contribution is 2.31. The Morgan fingerprint density at radius 3 is 2.48 bits per heavy atom. The zero-order chi connectivity index (χ0) is 18.4. The number of hydrogen-bond acceptors (Lipinski definition) is 4. The lowest BCUT2D eigenvalue weighted by Crippen LogP contribution is -2.12.